The maximum atomic E-state index is 10.5. The number of ether oxygens (including phenoxy) is 2. The first-order chi connectivity index (χ1) is 9.15. The fourth-order valence-electron chi connectivity index (χ4n) is 1.85. The van der Waals surface area contributed by atoms with E-state index in [4.69, 9.17) is 9.47 Å². The van der Waals surface area contributed by atoms with Crippen LogP contribution < -0.4 is 9.47 Å². The van der Waals surface area contributed by atoms with Gasteiger partial charge in [0.2, 0.25) is 0 Å². The van der Waals surface area contributed by atoms with E-state index in [0.29, 0.717) is 5.75 Å². The Balaban J connectivity index is 2.39. The Morgan fingerprint density at radius 3 is 2.37 bits per heavy atom. The monoisotopic (exact) mass is 322 g/mol. The number of rotatable bonds is 4. The van der Waals surface area contributed by atoms with Gasteiger partial charge in [-0.2, -0.15) is 0 Å². The smallest absolute Gasteiger partial charge is 0.119 e. The fraction of sp³-hybridized carbons (Fsp3) is 0.200. The second kappa shape index (κ2) is 6.08. The van der Waals surface area contributed by atoms with Gasteiger partial charge >= 0.3 is 0 Å². The first-order valence-corrected chi connectivity index (χ1v) is 6.60. The number of aliphatic hydroxyl groups excluding tert-OH is 1. The molecule has 19 heavy (non-hydrogen) atoms. The maximum absolute atomic E-state index is 10.5. The minimum atomic E-state index is -0.737. The predicted molar refractivity (Wildman–Crippen MR) is 77.7 cm³/mol. The van der Waals surface area contributed by atoms with Crippen LogP contribution in [0.3, 0.4) is 0 Å². The van der Waals surface area contributed by atoms with Crippen LogP contribution >= 0.6 is 15.9 Å². The molecule has 0 spiro atoms. The summed E-state index contributed by atoms with van der Waals surface area (Å²) in [6.07, 6.45) is -0.737. The summed E-state index contributed by atoms with van der Waals surface area (Å²) in [6, 6.07) is 12.9. The van der Waals surface area contributed by atoms with Gasteiger partial charge in [-0.25, -0.2) is 0 Å². The van der Waals surface area contributed by atoms with E-state index in [-0.39, 0.29) is 0 Å². The van der Waals surface area contributed by atoms with E-state index >= 15 is 0 Å². The molecule has 0 aliphatic rings. The normalized spacial score (nSPS) is 12.0. The van der Waals surface area contributed by atoms with E-state index in [2.05, 4.69) is 15.9 Å². The lowest BCUT2D eigenvalue weighted by Gasteiger charge is -2.15. The van der Waals surface area contributed by atoms with Gasteiger partial charge in [0.1, 0.15) is 17.6 Å². The Hall–Kier alpha value is -1.52. The Kier molecular flexibility index (Phi) is 4.45. The van der Waals surface area contributed by atoms with Crippen LogP contribution in [0.5, 0.6) is 11.5 Å². The summed E-state index contributed by atoms with van der Waals surface area (Å²) in [5.74, 6) is 1.43. The van der Waals surface area contributed by atoms with Crippen LogP contribution in [0.4, 0.5) is 0 Å². The molecule has 0 saturated carbocycles. The topological polar surface area (TPSA) is 38.7 Å². The van der Waals surface area contributed by atoms with E-state index in [1.165, 1.54) is 0 Å². The standard InChI is InChI=1S/C15H15BrO3/c1-18-11-5-3-4-10(8-11)15(17)13-9-12(19-2)6-7-14(13)16/h3-9,15,17H,1-2H3. The molecule has 1 unspecified atom stereocenters. The molecule has 0 heterocycles. The van der Waals surface area contributed by atoms with Gasteiger partial charge in [-0.05, 0) is 35.9 Å². The van der Waals surface area contributed by atoms with E-state index in [1.807, 2.05) is 42.5 Å². The van der Waals surface area contributed by atoms with Gasteiger partial charge in [0.15, 0.2) is 0 Å². The molecule has 0 bridgehead atoms. The molecule has 2 aromatic carbocycles. The maximum Gasteiger partial charge on any atom is 0.119 e. The molecule has 0 fully saturated rings. The molecule has 0 radical (unpaired) electrons. The number of aliphatic hydroxyl groups is 1. The van der Waals surface area contributed by atoms with Crippen molar-refractivity contribution in [1.82, 2.24) is 0 Å². The van der Waals surface area contributed by atoms with E-state index in [0.717, 1.165) is 21.3 Å². The Labute approximate surface area is 120 Å². The highest BCUT2D eigenvalue weighted by Gasteiger charge is 2.15. The molecule has 100 valence electrons. The van der Waals surface area contributed by atoms with Crippen molar-refractivity contribution in [1.29, 1.82) is 0 Å². The zero-order chi connectivity index (χ0) is 13.8. The lowest BCUT2D eigenvalue weighted by Crippen LogP contribution is -2.01. The number of halogens is 1. The van der Waals surface area contributed by atoms with E-state index in [1.54, 1.807) is 14.2 Å². The van der Waals surface area contributed by atoms with Crippen molar-refractivity contribution in [3.05, 3.63) is 58.1 Å². The van der Waals surface area contributed by atoms with Crippen molar-refractivity contribution in [2.75, 3.05) is 14.2 Å². The van der Waals surface area contributed by atoms with Gasteiger partial charge in [-0.3, -0.25) is 0 Å². The second-order valence-electron chi connectivity index (χ2n) is 4.07. The highest BCUT2D eigenvalue weighted by molar-refractivity contribution is 9.10. The molecule has 0 aliphatic carbocycles. The molecule has 0 amide bonds. The minimum absolute atomic E-state index is 0.708. The average molecular weight is 323 g/mol. The zero-order valence-corrected chi connectivity index (χ0v) is 12.3. The van der Waals surface area contributed by atoms with Crippen LogP contribution in [-0.2, 0) is 0 Å². The largest absolute Gasteiger partial charge is 0.497 e. The molecule has 0 aromatic heterocycles. The highest BCUT2D eigenvalue weighted by atomic mass is 79.9. The summed E-state index contributed by atoms with van der Waals surface area (Å²) in [5, 5.41) is 10.5. The van der Waals surface area contributed by atoms with Crippen molar-refractivity contribution in [2.24, 2.45) is 0 Å². The highest BCUT2D eigenvalue weighted by Crippen LogP contribution is 2.32. The second-order valence-corrected chi connectivity index (χ2v) is 4.92. The first kappa shape index (κ1) is 13.9. The van der Waals surface area contributed by atoms with Crippen LogP contribution in [0.15, 0.2) is 46.9 Å². The van der Waals surface area contributed by atoms with Crippen LogP contribution in [-0.4, -0.2) is 19.3 Å². The SMILES string of the molecule is COc1cccc(C(O)c2cc(OC)ccc2Br)c1. The summed E-state index contributed by atoms with van der Waals surface area (Å²) in [4.78, 5) is 0. The van der Waals surface area contributed by atoms with Gasteiger partial charge in [-0.1, -0.05) is 28.1 Å². The van der Waals surface area contributed by atoms with Gasteiger partial charge in [-0.15, -0.1) is 0 Å². The summed E-state index contributed by atoms with van der Waals surface area (Å²) in [7, 11) is 3.21. The van der Waals surface area contributed by atoms with Crippen molar-refractivity contribution >= 4 is 15.9 Å². The van der Waals surface area contributed by atoms with E-state index < -0.39 is 6.10 Å². The molecular weight excluding hydrogens is 308 g/mol. The molecule has 4 heteroatoms. The van der Waals surface area contributed by atoms with Gasteiger partial charge in [0.25, 0.3) is 0 Å². The summed E-state index contributed by atoms with van der Waals surface area (Å²) in [6.45, 7) is 0. The van der Waals surface area contributed by atoms with Gasteiger partial charge < -0.3 is 14.6 Å². The third-order valence-electron chi connectivity index (χ3n) is 2.91. The number of hydrogen-bond donors (Lipinski definition) is 1. The first-order valence-electron chi connectivity index (χ1n) is 5.81. The number of methoxy groups -OCH3 is 2. The molecular formula is C15H15BrO3. The van der Waals surface area contributed by atoms with Crippen molar-refractivity contribution in [3.8, 4) is 11.5 Å². The van der Waals surface area contributed by atoms with Crippen molar-refractivity contribution in [2.45, 2.75) is 6.10 Å². The van der Waals surface area contributed by atoms with Gasteiger partial charge in [0.05, 0.1) is 14.2 Å². The molecule has 1 N–H and O–H groups in total. The third kappa shape index (κ3) is 3.08. The minimum Gasteiger partial charge on any atom is -0.497 e. The van der Waals surface area contributed by atoms with Crippen LogP contribution in [0, 0.1) is 0 Å². The van der Waals surface area contributed by atoms with E-state index in [9.17, 15) is 5.11 Å². The molecule has 2 rings (SSSR count). The Morgan fingerprint density at radius 1 is 1.00 bits per heavy atom. The quantitative estimate of drug-likeness (QED) is 0.935. The summed E-state index contributed by atoms with van der Waals surface area (Å²) >= 11 is 3.45. The zero-order valence-electron chi connectivity index (χ0n) is 10.8. The average Bonchev–Trinajstić information content (AvgIpc) is 2.47. The molecule has 1 atom stereocenters. The Bertz CT molecular complexity index is 569. The van der Waals surface area contributed by atoms with Crippen molar-refractivity contribution in [3.63, 3.8) is 0 Å². The van der Waals surface area contributed by atoms with Crippen molar-refractivity contribution < 1.29 is 14.6 Å². The van der Waals surface area contributed by atoms with Crippen LogP contribution in [0.2, 0.25) is 0 Å². The summed E-state index contributed by atoms with van der Waals surface area (Å²) < 4.78 is 11.2. The molecule has 0 saturated heterocycles. The number of hydrogen-bond acceptors (Lipinski definition) is 3. The molecule has 0 aliphatic heterocycles. The molecule has 2 aromatic rings. The van der Waals surface area contributed by atoms with Crippen LogP contribution in [0.25, 0.3) is 0 Å². The lowest BCUT2D eigenvalue weighted by molar-refractivity contribution is 0.218. The third-order valence-corrected chi connectivity index (χ3v) is 3.63. The Morgan fingerprint density at radius 2 is 1.68 bits per heavy atom. The lowest BCUT2D eigenvalue weighted by atomic mass is 10.0. The van der Waals surface area contributed by atoms with Crippen LogP contribution in [0.1, 0.15) is 17.2 Å². The molecule has 3 nitrogen and oxygen atoms in total. The predicted octanol–water partition coefficient (Wildman–Crippen LogP) is 3.55. The fourth-order valence-corrected chi connectivity index (χ4v) is 2.31. The number of benzene rings is 2. The summed E-state index contributed by atoms with van der Waals surface area (Å²) in [5.41, 5.74) is 1.53. The van der Waals surface area contributed by atoms with Gasteiger partial charge in [0, 0.05) is 10.0 Å².